The molecule has 0 atom stereocenters. The van der Waals surface area contributed by atoms with Gasteiger partial charge in [0.1, 0.15) is 5.76 Å². The summed E-state index contributed by atoms with van der Waals surface area (Å²) in [5.74, 6) is 2.10. The third-order valence-electron chi connectivity index (χ3n) is 3.01. The first-order chi connectivity index (χ1) is 9.76. The maximum absolute atomic E-state index is 5.75. The second-order valence-corrected chi connectivity index (χ2v) is 4.44. The van der Waals surface area contributed by atoms with Gasteiger partial charge >= 0.3 is 0 Å². The van der Waals surface area contributed by atoms with E-state index in [9.17, 15) is 0 Å². The van der Waals surface area contributed by atoms with Crippen LogP contribution in [0.4, 0.5) is 5.95 Å². The lowest BCUT2D eigenvalue weighted by Crippen LogP contribution is -2.02. The van der Waals surface area contributed by atoms with Crippen LogP contribution in [0.25, 0.3) is 22.9 Å². The Labute approximate surface area is 115 Å². The molecule has 0 aliphatic heterocycles. The molecule has 0 aliphatic rings. The van der Waals surface area contributed by atoms with E-state index >= 15 is 0 Å². The van der Waals surface area contributed by atoms with E-state index in [0.717, 1.165) is 17.7 Å². The number of rotatable bonds is 4. The molecule has 3 aromatic rings. The number of hydrogen-bond donors (Lipinski definition) is 3. The van der Waals surface area contributed by atoms with E-state index < -0.39 is 0 Å². The molecule has 0 amide bonds. The van der Waals surface area contributed by atoms with Crippen LogP contribution in [0.1, 0.15) is 5.56 Å². The Morgan fingerprint density at radius 3 is 2.45 bits per heavy atom. The molecule has 6 heteroatoms. The molecule has 6 nitrogen and oxygen atoms in total. The van der Waals surface area contributed by atoms with Crippen molar-refractivity contribution in [3.63, 3.8) is 0 Å². The predicted octanol–water partition coefficient (Wildman–Crippen LogP) is 1.82. The minimum atomic E-state index is 0.198. The zero-order valence-corrected chi connectivity index (χ0v) is 10.8. The van der Waals surface area contributed by atoms with Crippen LogP contribution in [-0.2, 0) is 6.42 Å². The van der Waals surface area contributed by atoms with Crippen LogP contribution in [0.3, 0.4) is 0 Å². The lowest BCUT2D eigenvalue weighted by atomic mass is 10.1. The van der Waals surface area contributed by atoms with E-state index in [1.807, 2.05) is 24.3 Å². The molecule has 3 rings (SSSR count). The van der Waals surface area contributed by atoms with E-state index in [1.165, 1.54) is 5.56 Å². The summed E-state index contributed by atoms with van der Waals surface area (Å²) >= 11 is 0. The molecule has 2 aromatic heterocycles. The Hall–Kier alpha value is -2.60. The van der Waals surface area contributed by atoms with Crippen molar-refractivity contribution in [1.82, 2.24) is 15.2 Å². The van der Waals surface area contributed by atoms with Gasteiger partial charge in [-0.1, -0.05) is 24.3 Å². The van der Waals surface area contributed by atoms with Gasteiger partial charge < -0.3 is 15.9 Å². The quantitative estimate of drug-likeness (QED) is 0.669. The number of benzene rings is 1. The Bertz CT molecular complexity index is 698. The zero-order chi connectivity index (χ0) is 13.9. The molecule has 0 fully saturated rings. The first kappa shape index (κ1) is 12.4. The summed E-state index contributed by atoms with van der Waals surface area (Å²) in [6, 6.07) is 11.9. The fraction of sp³-hybridized carbons (Fsp3) is 0.143. The third kappa shape index (κ3) is 2.41. The van der Waals surface area contributed by atoms with E-state index in [0.29, 0.717) is 18.1 Å². The van der Waals surface area contributed by atoms with E-state index in [2.05, 4.69) is 27.3 Å². The van der Waals surface area contributed by atoms with Crippen molar-refractivity contribution in [2.24, 2.45) is 5.73 Å². The summed E-state index contributed by atoms with van der Waals surface area (Å²) in [5, 5.41) is 6.50. The van der Waals surface area contributed by atoms with Gasteiger partial charge in [0, 0.05) is 5.56 Å². The molecule has 5 N–H and O–H groups in total. The molecule has 2 heterocycles. The minimum Gasteiger partial charge on any atom is -0.453 e. The lowest BCUT2D eigenvalue weighted by Gasteiger charge is -2.00. The van der Waals surface area contributed by atoms with Crippen LogP contribution < -0.4 is 11.5 Å². The monoisotopic (exact) mass is 269 g/mol. The number of aromatic amines is 1. The molecule has 0 bridgehead atoms. The van der Waals surface area contributed by atoms with Crippen LogP contribution in [0.5, 0.6) is 0 Å². The first-order valence-corrected chi connectivity index (χ1v) is 6.34. The van der Waals surface area contributed by atoms with Crippen LogP contribution in [-0.4, -0.2) is 21.7 Å². The van der Waals surface area contributed by atoms with Crippen molar-refractivity contribution in [1.29, 1.82) is 0 Å². The average molecular weight is 269 g/mol. The smallest absolute Gasteiger partial charge is 0.239 e. The Balaban J connectivity index is 1.86. The number of aromatic nitrogens is 3. The van der Waals surface area contributed by atoms with Gasteiger partial charge in [0.2, 0.25) is 5.95 Å². The molecule has 0 radical (unpaired) electrons. The fourth-order valence-corrected chi connectivity index (χ4v) is 2.01. The minimum absolute atomic E-state index is 0.198. The molecular weight excluding hydrogens is 254 g/mol. The molecule has 1 aromatic carbocycles. The highest BCUT2D eigenvalue weighted by atomic mass is 16.3. The summed E-state index contributed by atoms with van der Waals surface area (Å²) in [7, 11) is 0. The molecule has 0 spiro atoms. The van der Waals surface area contributed by atoms with Gasteiger partial charge in [-0.25, -0.2) is 0 Å². The summed E-state index contributed by atoms with van der Waals surface area (Å²) < 4.78 is 5.75. The summed E-state index contributed by atoms with van der Waals surface area (Å²) in [6.07, 6.45) is 0.876. The number of nitrogens with two attached hydrogens (primary N) is 2. The van der Waals surface area contributed by atoms with Crippen molar-refractivity contribution in [3.8, 4) is 22.9 Å². The maximum atomic E-state index is 5.75. The summed E-state index contributed by atoms with van der Waals surface area (Å²) in [5.41, 5.74) is 13.2. The first-order valence-electron chi connectivity index (χ1n) is 6.34. The molecule has 0 unspecified atom stereocenters. The van der Waals surface area contributed by atoms with Crippen molar-refractivity contribution in [3.05, 3.63) is 42.0 Å². The van der Waals surface area contributed by atoms with Crippen molar-refractivity contribution >= 4 is 5.95 Å². The molecular formula is C14H15N5O. The molecule has 0 saturated carbocycles. The molecule has 20 heavy (non-hydrogen) atoms. The van der Waals surface area contributed by atoms with Crippen LogP contribution in [0.2, 0.25) is 0 Å². The highest BCUT2D eigenvalue weighted by molar-refractivity contribution is 5.62. The topological polar surface area (TPSA) is 107 Å². The number of furan rings is 1. The third-order valence-corrected chi connectivity index (χ3v) is 3.01. The zero-order valence-electron chi connectivity index (χ0n) is 10.8. The summed E-state index contributed by atoms with van der Waals surface area (Å²) in [4.78, 5) is 4.03. The van der Waals surface area contributed by atoms with Gasteiger partial charge in [-0.15, -0.1) is 5.10 Å². The molecule has 102 valence electrons. The number of anilines is 1. The second kappa shape index (κ2) is 5.18. The van der Waals surface area contributed by atoms with Crippen LogP contribution in [0, 0.1) is 0 Å². The number of nitrogens with one attached hydrogen (secondary N) is 1. The molecule has 0 aliphatic carbocycles. The van der Waals surface area contributed by atoms with Gasteiger partial charge in [-0.2, -0.15) is 4.98 Å². The Morgan fingerprint density at radius 2 is 1.80 bits per heavy atom. The Morgan fingerprint density at radius 1 is 1.05 bits per heavy atom. The highest BCUT2D eigenvalue weighted by Gasteiger charge is 2.10. The number of nitrogen functional groups attached to an aromatic ring is 1. The number of hydrogen-bond acceptors (Lipinski definition) is 5. The highest BCUT2D eigenvalue weighted by Crippen LogP contribution is 2.27. The number of nitrogens with zero attached hydrogens (tertiary/aromatic N) is 2. The van der Waals surface area contributed by atoms with Crippen molar-refractivity contribution in [2.45, 2.75) is 6.42 Å². The number of H-pyrrole nitrogens is 1. The standard InChI is InChI=1S/C14H15N5O/c15-8-7-9-1-3-10(4-2-9)11-5-6-12(20-11)13-17-14(16)19-18-13/h1-6H,7-8,15H2,(H3,16,17,18,19). The SMILES string of the molecule is NCCc1ccc(-c2ccc(-c3nc(N)n[nH]3)o2)cc1. The van der Waals surface area contributed by atoms with Crippen LogP contribution in [0.15, 0.2) is 40.8 Å². The summed E-state index contributed by atoms with van der Waals surface area (Å²) in [6.45, 7) is 0.650. The lowest BCUT2D eigenvalue weighted by molar-refractivity contribution is 0.592. The van der Waals surface area contributed by atoms with E-state index in [-0.39, 0.29) is 5.95 Å². The fourth-order valence-electron chi connectivity index (χ4n) is 2.01. The second-order valence-electron chi connectivity index (χ2n) is 4.44. The van der Waals surface area contributed by atoms with Crippen LogP contribution >= 0.6 is 0 Å². The Kier molecular flexibility index (Phi) is 3.22. The predicted molar refractivity (Wildman–Crippen MR) is 76.7 cm³/mol. The maximum Gasteiger partial charge on any atom is 0.239 e. The molecule has 0 saturated heterocycles. The average Bonchev–Trinajstić information content (AvgIpc) is 3.09. The van der Waals surface area contributed by atoms with Gasteiger partial charge in [0.15, 0.2) is 11.6 Å². The van der Waals surface area contributed by atoms with Gasteiger partial charge in [0.25, 0.3) is 0 Å². The van der Waals surface area contributed by atoms with Crippen molar-refractivity contribution in [2.75, 3.05) is 12.3 Å². The van der Waals surface area contributed by atoms with E-state index in [4.69, 9.17) is 15.9 Å². The van der Waals surface area contributed by atoms with Gasteiger partial charge in [0.05, 0.1) is 0 Å². The van der Waals surface area contributed by atoms with Gasteiger partial charge in [-0.3, -0.25) is 5.10 Å². The van der Waals surface area contributed by atoms with Crippen molar-refractivity contribution < 1.29 is 4.42 Å². The van der Waals surface area contributed by atoms with E-state index in [1.54, 1.807) is 0 Å². The normalized spacial score (nSPS) is 10.8. The largest absolute Gasteiger partial charge is 0.453 e. The van der Waals surface area contributed by atoms with Gasteiger partial charge in [-0.05, 0) is 30.7 Å².